The molecule has 1 N–H and O–H groups in total. The lowest BCUT2D eigenvalue weighted by atomic mass is 10.3. The van der Waals surface area contributed by atoms with Crippen LogP contribution in [0.1, 0.15) is 13.3 Å². The monoisotopic (exact) mass is 158 g/mol. The van der Waals surface area contributed by atoms with Crippen LogP contribution in [0.25, 0.3) is 0 Å². The standard InChI is InChI=1S/C8H18OSi/c1-7(9)6-8(2)10(3,4)5/h7,9H,2,6H2,1,3-5H3. The molecule has 1 atom stereocenters. The maximum absolute atomic E-state index is 9.05. The lowest BCUT2D eigenvalue weighted by Crippen LogP contribution is -2.25. The van der Waals surface area contributed by atoms with Crippen LogP contribution in [-0.2, 0) is 0 Å². The van der Waals surface area contributed by atoms with Gasteiger partial charge in [0, 0.05) is 0 Å². The molecule has 0 heterocycles. The summed E-state index contributed by atoms with van der Waals surface area (Å²) in [4.78, 5) is 0. The Kier molecular flexibility index (Phi) is 3.32. The molecular formula is C8H18OSi. The summed E-state index contributed by atoms with van der Waals surface area (Å²) < 4.78 is 0. The van der Waals surface area contributed by atoms with Gasteiger partial charge in [-0.05, 0) is 13.3 Å². The van der Waals surface area contributed by atoms with Crippen LogP contribution in [0.5, 0.6) is 0 Å². The molecule has 1 unspecified atom stereocenters. The van der Waals surface area contributed by atoms with Gasteiger partial charge in [-0.2, -0.15) is 0 Å². The fraction of sp³-hybridized carbons (Fsp3) is 0.750. The zero-order chi connectivity index (χ0) is 8.36. The quantitative estimate of drug-likeness (QED) is 0.624. The Bertz CT molecular complexity index is 122. The molecule has 0 radical (unpaired) electrons. The fourth-order valence-corrected chi connectivity index (χ4v) is 1.57. The molecule has 0 aromatic carbocycles. The van der Waals surface area contributed by atoms with Crippen LogP contribution in [0.3, 0.4) is 0 Å². The zero-order valence-corrected chi connectivity index (χ0v) is 8.44. The number of aliphatic hydroxyl groups is 1. The van der Waals surface area contributed by atoms with Crippen molar-refractivity contribution >= 4 is 8.07 Å². The maximum atomic E-state index is 9.05. The summed E-state index contributed by atoms with van der Waals surface area (Å²) in [6, 6.07) is 0. The van der Waals surface area contributed by atoms with E-state index in [0.717, 1.165) is 6.42 Å². The number of rotatable bonds is 3. The van der Waals surface area contributed by atoms with E-state index in [1.54, 1.807) is 0 Å². The first-order valence-electron chi connectivity index (χ1n) is 3.70. The van der Waals surface area contributed by atoms with E-state index >= 15 is 0 Å². The molecule has 10 heavy (non-hydrogen) atoms. The molecule has 0 aliphatic heterocycles. The van der Waals surface area contributed by atoms with Crippen molar-refractivity contribution in [2.24, 2.45) is 0 Å². The van der Waals surface area contributed by atoms with Crippen molar-refractivity contribution in [1.29, 1.82) is 0 Å². The minimum atomic E-state index is -1.18. The third-order valence-corrected chi connectivity index (χ3v) is 3.93. The summed E-state index contributed by atoms with van der Waals surface area (Å²) in [7, 11) is -1.18. The fourth-order valence-electron chi connectivity index (χ4n) is 0.663. The summed E-state index contributed by atoms with van der Waals surface area (Å²) in [5.41, 5.74) is 0. The molecule has 0 aliphatic carbocycles. The Hall–Kier alpha value is -0.0831. The van der Waals surface area contributed by atoms with E-state index in [0.29, 0.717) is 0 Å². The number of hydrogen-bond acceptors (Lipinski definition) is 1. The Morgan fingerprint density at radius 2 is 1.90 bits per heavy atom. The van der Waals surface area contributed by atoms with Crippen molar-refractivity contribution in [1.82, 2.24) is 0 Å². The van der Waals surface area contributed by atoms with E-state index in [1.165, 1.54) is 5.20 Å². The van der Waals surface area contributed by atoms with Crippen LogP contribution in [0.2, 0.25) is 19.6 Å². The molecular weight excluding hydrogens is 140 g/mol. The van der Waals surface area contributed by atoms with E-state index in [2.05, 4.69) is 26.2 Å². The van der Waals surface area contributed by atoms with E-state index in [9.17, 15) is 0 Å². The van der Waals surface area contributed by atoms with Gasteiger partial charge < -0.3 is 5.11 Å². The molecule has 0 fully saturated rings. The predicted octanol–water partition coefficient (Wildman–Crippen LogP) is 2.19. The summed E-state index contributed by atoms with van der Waals surface area (Å²) in [6.45, 7) is 12.5. The first-order chi connectivity index (χ1) is 4.34. The van der Waals surface area contributed by atoms with Crippen LogP contribution in [-0.4, -0.2) is 19.3 Å². The van der Waals surface area contributed by atoms with Crippen LogP contribution in [0, 0.1) is 0 Å². The van der Waals surface area contributed by atoms with Gasteiger partial charge in [0.05, 0.1) is 14.2 Å². The molecule has 0 spiro atoms. The van der Waals surface area contributed by atoms with Gasteiger partial charge in [0.1, 0.15) is 0 Å². The summed E-state index contributed by atoms with van der Waals surface area (Å²) in [6.07, 6.45) is 0.551. The molecule has 0 amide bonds. The molecule has 0 saturated carbocycles. The van der Waals surface area contributed by atoms with Gasteiger partial charge in [-0.1, -0.05) is 24.8 Å². The highest BCUT2D eigenvalue weighted by Gasteiger charge is 2.18. The van der Waals surface area contributed by atoms with E-state index in [4.69, 9.17) is 5.11 Å². The Balaban J connectivity index is 3.87. The predicted molar refractivity (Wildman–Crippen MR) is 48.8 cm³/mol. The average Bonchev–Trinajstić information content (AvgIpc) is 1.60. The average molecular weight is 158 g/mol. The Morgan fingerprint density at radius 3 is 2.00 bits per heavy atom. The van der Waals surface area contributed by atoms with Crippen molar-refractivity contribution in [2.45, 2.75) is 39.1 Å². The Morgan fingerprint density at radius 1 is 1.50 bits per heavy atom. The highest BCUT2D eigenvalue weighted by atomic mass is 28.3. The van der Waals surface area contributed by atoms with Crippen LogP contribution in [0.4, 0.5) is 0 Å². The largest absolute Gasteiger partial charge is 0.393 e. The number of hydrogen-bond donors (Lipinski definition) is 1. The van der Waals surface area contributed by atoms with Crippen LogP contribution >= 0.6 is 0 Å². The third kappa shape index (κ3) is 3.85. The molecule has 2 heteroatoms. The molecule has 0 bridgehead atoms. The van der Waals surface area contributed by atoms with Gasteiger partial charge in [-0.15, -0.1) is 6.58 Å². The van der Waals surface area contributed by atoms with Crippen molar-refractivity contribution in [3.05, 3.63) is 11.8 Å². The molecule has 0 rings (SSSR count). The second-order valence-electron chi connectivity index (χ2n) is 3.91. The topological polar surface area (TPSA) is 20.2 Å². The summed E-state index contributed by atoms with van der Waals surface area (Å²) in [5.74, 6) is 0. The van der Waals surface area contributed by atoms with Gasteiger partial charge in [-0.3, -0.25) is 0 Å². The van der Waals surface area contributed by atoms with E-state index in [-0.39, 0.29) is 6.10 Å². The van der Waals surface area contributed by atoms with Crippen molar-refractivity contribution in [2.75, 3.05) is 0 Å². The minimum absolute atomic E-state index is 0.223. The lowest BCUT2D eigenvalue weighted by molar-refractivity contribution is 0.197. The zero-order valence-electron chi connectivity index (χ0n) is 7.44. The van der Waals surface area contributed by atoms with Gasteiger partial charge in [-0.25, -0.2) is 0 Å². The van der Waals surface area contributed by atoms with Crippen molar-refractivity contribution in [3.8, 4) is 0 Å². The third-order valence-electron chi connectivity index (χ3n) is 1.60. The van der Waals surface area contributed by atoms with E-state index in [1.807, 2.05) is 6.92 Å². The Labute approximate surface area is 64.8 Å². The molecule has 0 aliphatic rings. The maximum Gasteiger partial charge on any atom is 0.0717 e. The van der Waals surface area contributed by atoms with Gasteiger partial charge in [0.25, 0.3) is 0 Å². The highest BCUT2D eigenvalue weighted by Crippen LogP contribution is 2.16. The second kappa shape index (κ2) is 3.35. The van der Waals surface area contributed by atoms with Crippen LogP contribution < -0.4 is 0 Å². The summed E-state index contributed by atoms with van der Waals surface area (Å²) >= 11 is 0. The van der Waals surface area contributed by atoms with Crippen molar-refractivity contribution in [3.63, 3.8) is 0 Å². The minimum Gasteiger partial charge on any atom is -0.393 e. The molecule has 0 aromatic heterocycles. The SMILES string of the molecule is C=C(CC(C)O)[Si](C)(C)C. The number of aliphatic hydroxyl groups excluding tert-OH is 1. The van der Waals surface area contributed by atoms with Crippen LogP contribution in [0.15, 0.2) is 11.8 Å². The summed E-state index contributed by atoms with van der Waals surface area (Å²) in [5, 5.41) is 10.3. The molecule has 0 saturated heterocycles. The molecule has 1 nitrogen and oxygen atoms in total. The smallest absolute Gasteiger partial charge is 0.0717 e. The first kappa shape index (κ1) is 9.92. The lowest BCUT2D eigenvalue weighted by Gasteiger charge is -2.20. The molecule has 0 aromatic rings. The van der Waals surface area contributed by atoms with Gasteiger partial charge in [0.15, 0.2) is 0 Å². The normalized spacial score (nSPS) is 14.9. The van der Waals surface area contributed by atoms with Gasteiger partial charge >= 0.3 is 0 Å². The molecule has 60 valence electrons. The second-order valence-corrected chi connectivity index (χ2v) is 9.11. The van der Waals surface area contributed by atoms with E-state index < -0.39 is 8.07 Å². The first-order valence-corrected chi connectivity index (χ1v) is 7.20. The highest BCUT2D eigenvalue weighted by molar-refractivity contribution is 6.82. The van der Waals surface area contributed by atoms with Crippen molar-refractivity contribution < 1.29 is 5.11 Å². The van der Waals surface area contributed by atoms with Gasteiger partial charge in [0.2, 0.25) is 0 Å².